The van der Waals surface area contributed by atoms with Crippen molar-refractivity contribution in [2.45, 2.75) is 57.1 Å². The van der Waals surface area contributed by atoms with Crippen LogP contribution in [0.5, 0.6) is 0 Å². The van der Waals surface area contributed by atoms with Gasteiger partial charge in [0, 0.05) is 40.0 Å². The lowest BCUT2D eigenvalue weighted by molar-refractivity contribution is 0.171. The second kappa shape index (κ2) is 9.52. The maximum absolute atomic E-state index is 6.41. The van der Waals surface area contributed by atoms with E-state index in [1.807, 2.05) is 36.4 Å². The summed E-state index contributed by atoms with van der Waals surface area (Å²) in [6.07, 6.45) is 11.3. The molecule has 5 heteroatoms. The molecular formula is C21H28Cl2N2S. The van der Waals surface area contributed by atoms with E-state index >= 15 is 0 Å². The molecule has 0 saturated heterocycles. The molecule has 2 aromatic rings. The van der Waals surface area contributed by atoms with Gasteiger partial charge in [-0.15, -0.1) is 0 Å². The Labute approximate surface area is 171 Å². The molecule has 0 aliphatic heterocycles. The molecule has 0 amide bonds. The molecule has 0 spiro atoms. The molecular weight excluding hydrogens is 383 g/mol. The fourth-order valence-electron chi connectivity index (χ4n) is 4.23. The predicted molar refractivity (Wildman–Crippen MR) is 114 cm³/mol. The average molecular weight is 411 g/mol. The molecule has 0 radical (unpaired) electrons. The Morgan fingerprint density at radius 3 is 2.62 bits per heavy atom. The summed E-state index contributed by atoms with van der Waals surface area (Å²) in [5, 5.41) is 2.05. The van der Waals surface area contributed by atoms with Crippen LogP contribution in [0.3, 0.4) is 0 Å². The lowest BCUT2D eigenvalue weighted by atomic mass is 9.72. The minimum absolute atomic E-state index is 0.573. The molecule has 1 aromatic heterocycles. The van der Waals surface area contributed by atoms with E-state index in [9.17, 15) is 0 Å². The highest BCUT2D eigenvalue weighted by Gasteiger charge is 2.34. The molecule has 26 heavy (non-hydrogen) atoms. The Morgan fingerprint density at radius 2 is 1.96 bits per heavy atom. The monoisotopic (exact) mass is 410 g/mol. The summed E-state index contributed by atoms with van der Waals surface area (Å²) in [7, 11) is 0. The van der Waals surface area contributed by atoms with Crippen LogP contribution in [0.15, 0.2) is 36.9 Å². The minimum Gasteiger partial charge on any atom is -0.336 e. The molecule has 0 bridgehead atoms. The summed E-state index contributed by atoms with van der Waals surface area (Å²) in [6, 6.07) is 5.85. The van der Waals surface area contributed by atoms with Crippen LogP contribution < -0.4 is 0 Å². The third kappa shape index (κ3) is 5.21. The van der Waals surface area contributed by atoms with E-state index in [2.05, 4.69) is 35.7 Å². The van der Waals surface area contributed by atoms with Crippen LogP contribution in [0, 0.1) is 17.8 Å². The van der Waals surface area contributed by atoms with Gasteiger partial charge >= 0.3 is 0 Å². The maximum Gasteiger partial charge on any atom is 0.0946 e. The Hall–Kier alpha value is -0.640. The van der Waals surface area contributed by atoms with Gasteiger partial charge in [-0.05, 0) is 48.3 Å². The molecule has 3 atom stereocenters. The van der Waals surface area contributed by atoms with Crippen molar-refractivity contribution in [1.29, 1.82) is 0 Å². The van der Waals surface area contributed by atoms with Gasteiger partial charge in [-0.3, -0.25) is 0 Å². The van der Waals surface area contributed by atoms with Gasteiger partial charge in [0.15, 0.2) is 0 Å². The van der Waals surface area contributed by atoms with Gasteiger partial charge in [-0.2, -0.15) is 11.8 Å². The first-order chi connectivity index (χ1) is 12.5. The molecule has 142 valence electrons. The van der Waals surface area contributed by atoms with Crippen molar-refractivity contribution in [3.8, 4) is 0 Å². The largest absolute Gasteiger partial charge is 0.336 e. The number of hydrogen-bond acceptors (Lipinski definition) is 2. The number of hydrogen-bond donors (Lipinski definition) is 0. The van der Waals surface area contributed by atoms with Gasteiger partial charge in [-0.25, -0.2) is 4.98 Å². The van der Waals surface area contributed by atoms with Crippen molar-refractivity contribution in [2.75, 3.05) is 0 Å². The molecule has 3 rings (SSSR count). The predicted octanol–water partition coefficient (Wildman–Crippen LogP) is 6.95. The highest BCUT2D eigenvalue weighted by molar-refractivity contribution is 7.99. The number of rotatable bonds is 7. The number of benzene rings is 1. The first-order valence-corrected chi connectivity index (χ1v) is 11.4. The molecule has 1 aliphatic carbocycles. The van der Waals surface area contributed by atoms with E-state index < -0.39 is 0 Å². The standard InChI is InChI=1S/C21H28Cl2N2S/c1-15(2)18-5-3-4-6-19(18)21(12-25-10-9-24-14-25)26-13-16-7-8-17(22)11-20(16)23/h7-11,14-15,18-19,21H,3-6,12-13H2,1-2H3. The first-order valence-electron chi connectivity index (χ1n) is 9.56. The zero-order chi connectivity index (χ0) is 18.5. The van der Waals surface area contributed by atoms with Crippen molar-refractivity contribution >= 4 is 35.0 Å². The van der Waals surface area contributed by atoms with Gasteiger partial charge in [-0.1, -0.05) is 56.0 Å². The molecule has 2 nitrogen and oxygen atoms in total. The summed E-state index contributed by atoms with van der Waals surface area (Å²) < 4.78 is 2.23. The van der Waals surface area contributed by atoms with Crippen LogP contribution in [0.4, 0.5) is 0 Å². The second-order valence-corrected chi connectivity index (χ2v) is 9.77. The Morgan fingerprint density at radius 1 is 1.19 bits per heavy atom. The van der Waals surface area contributed by atoms with Crippen molar-refractivity contribution in [1.82, 2.24) is 9.55 Å². The third-order valence-corrected chi connectivity index (χ3v) is 7.62. The van der Waals surface area contributed by atoms with Crippen molar-refractivity contribution in [3.63, 3.8) is 0 Å². The Balaban J connectivity index is 1.76. The van der Waals surface area contributed by atoms with Crippen LogP contribution in [0.25, 0.3) is 0 Å². The van der Waals surface area contributed by atoms with Gasteiger partial charge in [0.2, 0.25) is 0 Å². The lowest BCUT2D eigenvalue weighted by Gasteiger charge is -2.39. The van der Waals surface area contributed by atoms with Gasteiger partial charge in [0.25, 0.3) is 0 Å². The zero-order valence-corrected chi connectivity index (χ0v) is 17.9. The van der Waals surface area contributed by atoms with E-state index in [4.69, 9.17) is 23.2 Å². The quantitative estimate of drug-likeness (QED) is 0.490. The van der Waals surface area contributed by atoms with E-state index in [-0.39, 0.29) is 0 Å². The molecule has 1 heterocycles. The lowest BCUT2D eigenvalue weighted by Crippen LogP contribution is -2.34. The molecule has 0 N–H and O–H groups in total. The van der Waals surface area contributed by atoms with Gasteiger partial charge < -0.3 is 4.57 Å². The zero-order valence-electron chi connectivity index (χ0n) is 15.6. The summed E-state index contributed by atoms with van der Waals surface area (Å²) >= 11 is 14.5. The number of halogens is 2. The van der Waals surface area contributed by atoms with E-state index in [0.29, 0.717) is 10.3 Å². The van der Waals surface area contributed by atoms with Crippen molar-refractivity contribution < 1.29 is 0 Å². The smallest absolute Gasteiger partial charge is 0.0946 e. The Kier molecular flexibility index (Phi) is 7.36. The van der Waals surface area contributed by atoms with E-state index in [0.717, 1.165) is 35.1 Å². The van der Waals surface area contributed by atoms with E-state index in [1.54, 1.807) is 0 Å². The summed E-state index contributed by atoms with van der Waals surface area (Å²) in [6.45, 7) is 5.79. The second-order valence-electron chi connectivity index (χ2n) is 7.70. The van der Waals surface area contributed by atoms with Crippen LogP contribution in [0.2, 0.25) is 10.0 Å². The topological polar surface area (TPSA) is 17.8 Å². The number of aromatic nitrogens is 2. The van der Waals surface area contributed by atoms with Crippen LogP contribution in [-0.2, 0) is 12.3 Å². The van der Waals surface area contributed by atoms with Crippen LogP contribution in [-0.4, -0.2) is 14.8 Å². The van der Waals surface area contributed by atoms with E-state index in [1.165, 1.54) is 31.2 Å². The summed E-state index contributed by atoms with van der Waals surface area (Å²) in [4.78, 5) is 4.23. The number of thioether (sulfide) groups is 1. The Bertz CT molecular complexity index is 687. The summed E-state index contributed by atoms with van der Waals surface area (Å²) in [5.74, 6) is 3.23. The normalized spacial score (nSPS) is 21.9. The molecule has 1 aliphatic rings. The highest BCUT2D eigenvalue weighted by atomic mass is 35.5. The van der Waals surface area contributed by atoms with Crippen molar-refractivity contribution in [3.05, 3.63) is 52.5 Å². The fourth-order valence-corrected chi connectivity index (χ4v) is 6.29. The number of imidazole rings is 1. The first kappa shape index (κ1) is 20.1. The molecule has 1 saturated carbocycles. The SMILES string of the molecule is CC(C)C1CCCCC1C(Cn1ccnc1)SCc1ccc(Cl)cc1Cl. The van der Waals surface area contributed by atoms with Gasteiger partial charge in [0.05, 0.1) is 6.33 Å². The van der Waals surface area contributed by atoms with Gasteiger partial charge in [0.1, 0.15) is 0 Å². The molecule has 1 fully saturated rings. The van der Waals surface area contributed by atoms with Crippen LogP contribution >= 0.6 is 35.0 Å². The highest BCUT2D eigenvalue weighted by Crippen LogP contribution is 2.42. The van der Waals surface area contributed by atoms with Crippen molar-refractivity contribution in [2.24, 2.45) is 17.8 Å². The minimum atomic E-state index is 0.573. The maximum atomic E-state index is 6.41. The summed E-state index contributed by atoms with van der Waals surface area (Å²) in [5.41, 5.74) is 1.17. The number of nitrogens with zero attached hydrogens (tertiary/aromatic N) is 2. The molecule has 1 aromatic carbocycles. The third-order valence-electron chi connectivity index (χ3n) is 5.63. The average Bonchev–Trinajstić information content (AvgIpc) is 3.13. The molecule has 3 unspecified atom stereocenters. The fraction of sp³-hybridized carbons (Fsp3) is 0.571. The van der Waals surface area contributed by atoms with Crippen LogP contribution in [0.1, 0.15) is 45.1 Å².